The lowest BCUT2D eigenvalue weighted by atomic mass is 10.0. The van der Waals surface area contributed by atoms with Gasteiger partial charge in [-0.1, -0.05) is 78.0 Å². The van der Waals surface area contributed by atoms with Crippen LogP contribution < -0.4 is 0 Å². The third-order valence-corrected chi connectivity index (χ3v) is 1.36. The Kier molecular flexibility index (Phi) is 24.9. The Hall–Kier alpha value is -0.780. The normalized spacial score (nSPS) is 10.3. The predicted molar refractivity (Wildman–Crippen MR) is 75.2 cm³/mol. The van der Waals surface area contributed by atoms with Crippen molar-refractivity contribution in [1.82, 2.24) is 0 Å². The second-order valence-electron chi connectivity index (χ2n) is 3.23. The lowest BCUT2D eigenvalue weighted by molar-refractivity contribution is 0.642. The minimum Gasteiger partial charge on any atom is -0.0991 e. The lowest BCUT2D eigenvalue weighted by Crippen LogP contribution is -1.86. The molecule has 0 aliphatic heterocycles. The molecule has 0 bridgehead atoms. The molecule has 0 rings (SSSR count). The minimum absolute atomic E-state index is 0.753. The van der Waals surface area contributed by atoms with E-state index in [0.29, 0.717) is 0 Å². The van der Waals surface area contributed by atoms with E-state index in [2.05, 4.69) is 33.4 Å². The van der Waals surface area contributed by atoms with Crippen molar-refractivity contribution >= 4 is 0 Å². The molecule has 0 heterocycles. The van der Waals surface area contributed by atoms with Crippen molar-refractivity contribution in [3.63, 3.8) is 0 Å². The van der Waals surface area contributed by atoms with Gasteiger partial charge in [0.15, 0.2) is 0 Å². The molecule has 0 unspecified atom stereocenters. The Morgan fingerprint density at radius 2 is 1.53 bits per heavy atom. The van der Waals surface area contributed by atoms with Crippen LogP contribution in [0.25, 0.3) is 0 Å². The van der Waals surface area contributed by atoms with Gasteiger partial charge >= 0.3 is 0 Å². The van der Waals surface area contributed by atoms with E-state index in [0.717, 1.165) is 5.92 Å². The van der Waals surface area contributed by atoms with Gasteiger partial charge in [-0.3, -0.25) is 0 Å². The van der Waals surface area contributed by atoms with Crippen molar-refractivity contribution in [2.75, 3.05) is 0 Å². The zero-order valence-electron chi connectivity index (χ0n) is 11.8. The van der Waals surface area contributed by atoms with Crippen LogP contribution in [0.3, 0.4) is 0 Å². The second-order valence-corrected chi connectivity index (χ2v) is 3.23. The van der Waals surface area contributed by atoms with Crippen LogP contribution in [-0.2, 0) is 0 Å². The predicted octanol–water partition coefficient (Wildman–Crippen LogP) is 5.77. The minimum atomic E-state index is 0.753. The van der Waals surface area contributed by atoms with Crippen LogP contribution in [-0.4, -0.2) is 0 Å². The molecule has 0 radical (unpaired) electrons. The molecule has 0 N–H and O–H groups in total. The van der Waals surface area contributed by atoms with Gasteiger partial charge in [-0.2, -0.15) is 0 Å². The van der Waals surface area contributed by atoms with Crippen molar-refractivity contribution in [3.8, 4) is 0 Å². The quantitative estimate of drug-likeness (QED) is 0.516. The first-order valence-electron chi connectivity index (χ1n) is 6.11. The van der Waals surface area contributed by atoms with Gasteiger partial charge < -0.3 is 0 Å². The average molecular weight is 210 g/mol. The van der Waals surface area contributed by atoms with Gasteiger partial charge in [0.1, 0.15) is 0 Å². The lowest BCUT2D eigenvalue weighted by Gasteiger charge is -2.02. The third-order valence-electron chi connectivity index (χ3n) is 1.36. The SMILES string of the molecule is C=C/C=C\C=C(\C)CC(C)C.CC.CC. The molecule has 0 saturated heterocycles. The van der Waals surface area contributed by atoms with E-state index < -0.39 is 0 Å². The molecule has 0 amide bonds. The topological polar surface area (TPSA) is 0 Å². The van der Waals surface area contributed by atoms with E-state index in [4.69, 9.17) is 0 Å². The summed E-state index contributed by atoms with van der Waals surface area (Å²) in [4.78, 5) is 0. The Bertz CT molecular complexity index is 159. The summed E-state index contributed by atoms with van der Waals surface area (Å²) in [5.41, 5.74) is 1.43. The Balaban J connectivity index is -0.000000318. The number of hydrogen-bond acceptors (Lipinski definition) is 0. The Morgan fingerprint density at radius 1 is 1.07 bits per heavy atom. The van der Waals surface area contributed by atoms with Gasteiger partial charge in [0.05, 0.1) is 0 Å². The molecule has 0 atom stereocenters. The van der Waals surface area contributed by atoms with Crippen molar-refractivity contribution in [3.05, 3.63) is 36.5 Å². The van der Waals surface area contributed by atoms with Crippen molar-refractivity contribution in [2.24, 2.45) is 5.92 Å². The van der Waals surface area contributed by atoms with Gasteiger partial charge in [-0.05, 0) is 19.3 Å². The first-order chi connectivity index (χ1) is 7.16. The summed E-state index contributed by atoms with van der Waals surface area (Å²) < 4.78 is 0. The third kappa shape index (κ3) is 24.6. The highest BCUT2D eigenvalue weighted by Crippen LogP contribution is 2.09. The summed E-state index contributed by atoms with van der Waals surface area (Å²) in [6.07, 6.45) is 9.09. The molecule has 90 valence electrons. The fraction of sp³-hybridized carbons (Fsp3) is 0.600. The van der Waals surface area contributed by atoms with Crippen LogP contribution in [0.2, 0.25) is 0 Å². The van der Waals surface area contributed by atoms with Gasteiger partial charge in [-0.15, -0.1) is 0 Å². The van der Waals surface area contributed by atoms with Gasteiger partial charge in [0.25, 0.3) is 0 Å². The van der Waals surface area contributed by atoms with Crippen LogP contribution in [0, 0.1) is 5.92 Å². The monoisotopic (exact) mass is 210 g/mol. The molecule has 0 aromatic carbocycles. The Morgan fingerprint density at radius 3 is 1.87 bits per heavy atom. The number of hydrogen-bond donors (Lipinski definition) is 0. The van der Waals surface area contributed by atoms with Gasteiger partial charge in [0.2, 0.25) is 0 Å². The zero-order valence-corrected chi connectivity index (χ0v) is 11.8. The maximum atomic E-state index is 3.60. The average Bonchev–Trinajstić information content (AvgIpc) is 2.23. The zero-order chi connectivity index (χ0) is 12.7. The van der Waals surface area contributed by atoms with Gasteiger partial charge in [-0.25, -0.2) is 0 Å². The van der Waals surface area contributed by atoms with Crippen LogP contribution in [0.4, 0.5) is 0 Å². The summed E-state index contributed by atoms with van der Waals surface area (Å²) in [6.45, 7) is 18.2. The highest BCUT2D eigenvalue weighted by molar-refractivity contribution is 5.14. The summed E-state index contributed by atoms with van der Waals surface area (Å²) in [6, 6.07) is 0. The highest BCUT2D eigenvalue weighted by Gasteiger charge is 1.92. The van der Waals surface area contributed by atoms with E-state index >= 15 is 0 Å². The largest absolute Gasteiger partial charge is 0.0991 e. The van der Waals surface area contributed by atoms with Crippen LogP contribution in [0.15, 0.2) is 36.5 Å². The van der Waals surface area contributed by atoms with Crippen molar-refractivity contribution < 1.29 is 0 Å². The molecule has 15 heavy (non-hydrogen) atoms. The van der Waals surface area contributed by atoms with E-state index in [1.807, 2.05) is 39.8 Å². The molecule has 0 aliphatic rings. The first kappa shape index (κ1) is 19.7. The van der Waals surface area contributed by atoms with E-state index in [1.165, 1.54) is 12.0 Å². The number of allylic oxidation sites excluding steroid dienone is 5. The Labute approximate surface area is 97.8 Å². The summed E-state index contributed by atoms with van der Waals surface area (Å²) >= 11 is 0. The molecule has 0 spiro atoms. The smallest absolute Gasteiger partial charge is 0.0297 e. The maximum absolute atomic E-state index is 3.60. The fourth-order valence-electron chi connectivity index (χ4n) is 1.01. The molecule has 0 nitrogen and oxygen atoms in total. The van der Waals surface area contributed by atoms with E-state index in [1.54, 1.807) is 6.08 Å². The van der Waals surface area contributed by atoms with Crippen LogP contribution in [0.1, 0.15) is 54.9 Å². The number of rotatable bonds is 4. The van der Waals surface area contributed by atoms with Gasteiger partial charge in [0, 0.05) is 0 Å². The van der Waals surface area contributed by atoms with Crippen molar-refractivity contribution in [1.29, 1.82) is 0 Å². The highest BCUT2D eigenvalue weighted by atomic mass is 14.0. The first-order valence-corrected chi connectivity index (χ1v) is 6.11. The van der Waals surface area contributed by atoms with Crippen LogP contribution >= 0.6 is 0 Å². The molecule has 0 heteroatoms. The second kappa shape index (κ2) is 18.9. The summed E-state index contributed by atoms with van der Waals surface area (Å²) in [5.74, 6) is 0.753. The van der Waals surface area contributed by atoms with Crippen molar-refractivity contribution in [2.45, 2.75) is 54.9 Å². The fourth-order valence-corrected chi connectivity index (χ4v) is 1.01. The molecule has 0 saturated carbocycles. The molecule has 0 aromatic heterocycles. The van der Waals surface area contributed by atoms with Crippen LogP contribution in [0.5, 0.6) is 0 Å². The standard InChI is InChI=1S/C11H18.2C2H6/c1-5-6-7-8-11(4)9-10(2)3;2*1-2/h5-8,10H,1,9H2,2-4H3;2*1-2H3/b7-6-,11-8-;;. The summed E-state index contributed by atoms with van der Waals surface area (Å²) in [7, 11) is 0. The molecular weight excluding hydrogens is 180 g/mol. The molecule has 0 fully saturated rings. The molecular formula is C15H30. The summed E-state index contributed by atoms with van der Waals surface area (Å²) in [5, 5.41) is 0. The maximum Gasteiger partial charge on any atom is -0.0297 e. The molecule has 0 aromatic rings. The van der Waals surface area contributed by atoms with E-state index in [9.17, 15) is 0 Å². The van der Waals surface area contributed by atoms with E-state index in [-0.39, 0.29) is 0 Å². The molecule has 0 aliphatic carbocycles.